The molecule has 2 aromatic heterocycles. The lowest BCUT2D eigenvalue weighted by molar-refractivity contribution is 0.0964. The molecule has 1 N–H and O–H groups in total. The van der Waals surface area contributed by atoms with Gasteiger partial charge in [-0.2, -0.15) is 0 Å². The number of hydrogen-bond acceptors (Lipinski definition) is 4. The summed E-state index contributed by atoms with van der Waals surface area (Å²) in [4.78, 5) is 33.7. The van der Waals surface area contributed by atoms with E-state index in [1.54, 1.807) is 23.1 Å². The van der Waals surface area contributed by atoms with Crippen LogP contribution in [-0.2, 0) is 17.7 Å². The summed E-state index contributed by atoms with van der Waals surface area (Å²) >= 11 is 0. The topological polar surface area (TPSA) is 79.7 Å². The van der Waals surface area contributed by atoms with Crippen LogP contribution in [0.1, 0.15) is 31.0 Å². The van der Waals surface area contributed by atoms with Crippen molar-refractivity contribution >= 4 is 11.7 Å². The number of nitrogens with one attached hydrogen (secondary N) is 1. The van der Waals surface area contributed by atoms with E-state index in [1.165, 1.54) is 16.7 Å². The molecule has 1 aliphatic heterocycles. The number of fused-ring (bicyclic) bond motifs is 3. The molecule has 0 radical (unpaired) electrons. The molecule has 0 spiro atoms. The number of imidazole rings is 1. The fourth-order valence-electron chi connectivity index (χ4n) is 3.39. The van der Waals surface area contributed by atoms with E-state index in [4.69, 9.17) is 4.74 Å². The molecule has 0 aliphatic carbocycles. The number of halogens is 1. The van der Waals surface area contributed by atoms with E-state index < -0.39 is 5.82 Å². The van der Waals surface area contributed by atoms with Crippen LogP contribution in [0.5, 0.6) is 0 Å². The number of unbranched alkanes of at least 4 members (excludes halogenated alkanes) is 1. The van der Waals surface area contributed by atoms with Crippen molar-refractivity contribution in [3.8, 4) is 11.3 Å². The molecule has 3 heterocycles. The average molecular weight is 384 g/mol. The Morgan fingerprint density at radius 2 is 2.18 bits per heavy atom. The second-order valence-electron chi connectivity index (χ2n) is 6.83. The predicted octanol–water partition coefficient (Wildman–Crippen LogP) is 3.12. The van der Waals surface area contributed by atoms with Crippen molar-refractivity contribution in [3.63, 3.8) is 0 Å². The zero-order valence-corrected chi connectivity index (χ0v) is 15.6. The minimum atomic E-state index is -0.405. The molecule has 0 saturated carbocycles. The van der Waals surface area contributed by atoms with Crippen LogP contribution in [0, 0.1) is 5.82 Å². The van der Waals surface area contributed by atoms with Crippen molar-refractivity contribution in [1.82, 2.24) is 19.3 Å². The Morgan fingerprint density at radius 3 is 2.96 bits per heavy atom. The van der Waals surface area contributed by atoms with Gasteiger partial charge in [0.15, 0.2) is 0 Å². The molecule has 0 fully saturated rings. The van der Waals surface area contributed by atoms with Crippen LogP contribution in [0.25, 0.3) is 16.9 Å². The Bertz CT molecular complexity index is 1090. The van der Waals surface area contributed by atoms with Crippen molar-refractivity contribution in [1.29, 1.82) is 0 Å². The summed E-state index contributed by atoms with van der Waals surface area (Å²) in [6.07, 6.45) is 3.42. The van der Waals surface area contributed by atoms with E-state index >= 15 is 0 Å². The Kier molecular flexibility index (Phi) is 4.85. The van der Waals surface area contributed by atoms with E-state index in [2.05, 4.69) is 9.97 Å². The van der Waals surface area contributed by atoms with Gasteiger partial charge in [0.1, 0.15) is 11.5 Å². The molecule has 8 heteroatoms. The number of hydrogen-bond donors (Lipinski definition) is 1. The zero-order chi connectivity index (χ0) is 19.7. The van der Waals surface area contributed by atoms with Gasteiger partial charge in [0.2, 0.25) is 0 Å². The normalized spacial score (nSPS) is 13.6. The summed E-state index contributed by atoms with van der Waals surface area (Å²) in [5, 5.41) is 0. The van der Waals surface area contributed by atoms with E-state index in [9.17, 15) is 14.0 Å². The number of H-pyrrole nitrogens is 1. The minimum Gasteiger partial charge on any atom is -0.449 e. The molecular weight excluding hydrogens is 363 g/mol. The van der Waals surface area contributed by atoms with Crippen LogP contribution in [-0.4, -0.2) is 38.5 Å². The maximum atomic E-state index is 14.2. The molecule has 146 valence electrons. The van der Waals surface area contributed by atoms with Gasteiger partial charge in [-0.3, -0.25) is 4.40 Å². The van der Waals surface area contributed by atoms with Gasteiger partial charge in [-0.15, -0.1) is 0 Å². The SMILES string of the molecule is CCCCOC(=O)N1CCc2[nH]c(=O)n3cc(-c4ccccc4F)nc3c2C1. The summed E-state index contributed by atoms with van der Waals surface area (Å²) in [5.74, 6) is -0.405. The maximum Gasteiger partial charge on any atom is 0.410 e. The Balaban J connectivity index is 1.71. The molecule has 1 aromatic carbocycles. The predicted molar refractivity (Wildman–Crippen MR) is 102 cm³/mol. The van der Waals surface area contributed by atoms with Gasteiger partial charge in [0.05, 0.1) is 18.8 Å². The number of ether oxygens (including phenoxy) is 1. The number of rotatable bonds is 4. The smallest absolute Gasteiger partial charge is 0.410 e. The Hall–Kier alpha value is -3.16. The molecule has 0 atom stereocenters. The number of nitrogens with zero attached hydrogens (tertiary/aromatic N) is 3. The summed E-state index contributed by atoms with van der Waals surface area (Å²) in [7, 11) is 0. The summed E-state index contributed by atoms with van der Waals surface area (Å²) in [6.45, 7) is 3.17. The lowest BCUT2D eigenvalue weighted by Gasteiger charge is -2.27. The van der Waals surface area contributed by atoms with Crippen LogP contribution in [0.4, 0.5) is 9.18 Å². The van der Waals surface area contributed by atoms with Gasteiger partial charge < -0.3 is 14.6 Å². The van der Waals surface area contributed by atoms with Crippen LogP contribution < -0.4 is 5.69 Å². The van der Waals surface area contributed by atoms with Gasteiger partial charge in [-0.1, -0.05) is 25.5 Å². The number of aromatic amines is 1. The highest BCUT2D eigenvalue weighted by molar-refractivity contribution is 5.70. The lowest BCUT2D eigenvalue weighted by Crippen LogP contribution is -2.38. The van der Waals surface area contributed by atoms with Crippen LogP contribution in [0.2, 0.25) is 0 Å². The number of benzene rings is 1. The quantitative estimate of drug-likeness (QED) is 0.701. The molecule has 3 aromatic rings. The summed E-state index contributed by atoms with van der Waals surface area (Å²) in [6, 6.07) is 6.30. The van der Waals surface area contributed by atoms with E-state index in [-0.39, 0.29) is 18.3 Å². The maximum absolute atomic E-state index is 14.2. The minimum absolute atomic E-state index is 0.286. The van der Waals surface area contributed by atoms with E-state index in [1.807, 2.05) is 6.92 Å². The van der Waals surface area contributed by atoms with Crippen molar-refractivity contribution < 1.29 is 13.9 Å². The largest absolute Gasteiger partial charge is 0.449 e. The number of carbonyl (C=O) groups is 1. The molecule has 7 nitrogen and oxygen atoms in total. The third kappa shape index (κ3) is 3.26. The van der Waals surface area contributed by atoms with Gasteiger partial charge in [-0.05, 0) is 18.6 Å². The summed E-state index contributed by atoms with van der Waals surface area (Å²) in [5.41, 5.74) is 2.30. The highest BCUT2D eigenvalue weighted by atomic mass is 19.1. The molecule has 1 aliphatic rings. The van der Waals surface area contributed by atoms with Crippen molar-refractivity contribution in [3.05, 3.63) is 58.0 Å². The number of amides is 1. The third-order valence-corrected chi connectivity index (χ3v) is 4.93. The lowest BCUT2D eigenvalue weighted by atomic mass is 10.1. The second-order valence-corrected chi connectivity index (χ2v) is 6.83. The molecular formula is C20H21FN4O3. The van der Waals surface area contributed by atoms with Crippen LogP contribution >= 0.6 is 0 Å². The first-order chi connectivity index (χ1) is 13.6. The Labute approximate surface area is 160 Å². The molecule has 0 bridgehead atoms. The molecule has 1 amide bonds. The monoisotopic (exact) mass is 384 g/mol. The molecule has 0 saturated heterocycles. The fourth-order valence-corrected chi connectivity index (χ4v) is 3.39. The molecule has 4 rings (SSSR count). The Morgan fingerprint density at radius 1 is 1.36 bits per heavy atom. The second kappa shape index (κ2) is 7.46. The van der Waals surface area contributed by atoms with Crippen molar-refractivity contribution in [2.75, 3.05) is 13.2 Å². The number of aromatic nitrogens is 3. The standard InChI is InChI=1S/C20H21FN4O3/c1-2-3-10-28-20(27)24-9-8-16-14(11-24)18-22-17(12-25(18)19(26)23-16)13-6-4-5-7-15(13)21/h4-7,12H,2-3,8-11H2,1H3,(H,23,26). The van der Waals surface area contributed by atoms with Crippen molar-refractivity contribution in [2.45, 2.75) is 32.7 Å². The van der Waals surface area contributed by atoms with Gasteiger partial charge in [0, 0.05) is 36.0 Å². The molecule has 28 heavy (non-hydrogen) atoms. The van der Waals surface area contributed by atoms with Gasteiger partial charge in [-0.25, -0.2) is 19.0 Å². The molecule has 0 unspecified atom stereocenters. The highest BCUT2D eigenvalue weighted by Gasteiger charge is 2.26. The van der Waals surface area contributed by atoms with E-state index in [0.29, 0.717) is 36.5 Å². The highest BCUT2D eigenvalue weighted by Crippen LogP contribution is 2.26. The first-order valence-electron chi connectivity index (χ1n) is 9.38. The summed E-state index contributed by atoms with van der Waals surface area (Å²) < 4.78 is 20.8. The third-order valence-electron chi connectivity index (χ3n) is 4.93. The van der Waals surface area contributed by atoms with Gasteiger partial charge >= 0.3 is 11.8 Å². The first kappa shape index (κ1) is 18.2. The number of carbonyl (C=O) groups excluding carboxylic acids is 1. The van der Waals surface area contributed by atoms with Crippen LogP contribution in [0.3, 0.4) is 0 Å². The van der Waals surface area contributed by atoms with Crippen LogP contribution in [0.15, 0.2) is 35.3 Å². The zero-order valence-electron chi connectivity index (χ0n) is 15.6. The average Bonchev–Trinajstić information content (AvgIpc) is 3.14. The fraction of sp³-hybridized carbons (Fsp3) is 0.350. The van der Waals surface area contributed by atoms with Crippen molar-refractivity contribution in [2.24, 2.45) is 0 Å². The first-order valence-corrected chi connectivity index (χ1v) is 9.38. The van der Waals surface area contributed by atoms with E-state index in [0.717, 1.165) is 24.1 Å². The van der Waals surface area contributed by atoms with Gasteiger partial charge in [0.25, 0.3) is 0 Å².